The van der Waals surface area contributed by atoms with E-state index in [1.165, 1.54) is 6.08 Å². The number of carbonyl (C=O) groups excluding carboxylic acids is 3. The number of rotatable bonds is 8. The molecule has 0 fully saturated rings. The molecule has 0 saturated carbocycles. The summed E-state index contributed by atoms with van der Waals surface area (Å²) in [5.74, 6) is -0.513. The molecule has 158 valence electrons. The third-order valence-corrected chi connectivity index (χ3v) is 3.90. The molecule has 7 heteroatoms. The maximum Gasteiger partial charge on any atom is 0.411 e. The molecule has 3 amide bonds. The second-order valence-electron chi connectivity index (χ2n) is 7.16. The quantitative estimate of drug-likeness (QED) is 0.573. The molecule has 1 unspecified atom stereocenters. The Hall–Kier alpha value is -3.61. The molecular formula is C23H27N3O4. The van der Waals surface area contributed by atoms with Crippen LogP contribution in [0.2, 0.25) is 0 Å². The van der Waals surface area contributed by atoms with Crippen LogP contribution >= 0.6 is 0 Å². The predicted molar refractivity (Wildman–Crippen MR) is 118 cm³/mol. The van der Waals surface area contributed by atoms with Gasteiger partial charge in [-0.25, -0.2) is 4.79 Å². The van der Waals surface area contributed by atoms with E-state index in [0.717, 1.165) is 5.56 Å². The van der Waals surface area contributed by atoms with Crippen molar-refractivity contribution < 1.29 is 19.1 Å². The van der Waals surface area contributed by atoms with E-state index in [4.69, 9.17) is 4.74 Å². The van der Waals surface area contributed by atoms with E-state index in [1.807, 2.05) is 44.2 Å². The predicted octanol–water partition coefficient (Wildman–Crippen LogP) is 4.05. The summed E-state index contributed by atoms with van der Waals surface area (Å²) >= 11 is 0. The highest BCUT2D eigenvalue weighted by Gasteiger charge is 2.15. The smallest absolute Gasteiger partial charge is 0.411 e. The molecule has 0 aliphatic heterocycles. The van der Waals surface area contributed by atoms with E-state index in [1.54, 1.807) is 37.3 Å². The van der Waals surface area contributed by atoms with Crippen LogP contribution in [0.1, 0.15) is 26.3 Å². The maximum atomic E-state index is 12.4. The minimum absolute atomic E-state index is 0.237. The Bertz CT molecular complexity index is 894. The van der Waals surface area contributed by atoms with E-state index in [0.29, 0.717) is 18.0 Å². The Labute approximate surface area is 176 Å². The zero-order valence-corrected chi connectivity index (χ0v) is 17.3. The number of nitrogens with one attached hydrogen (secondary N) is 3. The van der Waals surface area contributed by atoms with Crippen molar-refractivity contribution in [1.29, 1.82) is 0 Å². The van der Waals surface area contributed by atoms with Crippen LogP contribution in [0.3, 0.4) is 0 Å². The van der Waals surface area contributed by atoms with Gasteiger partial charge >= 0.3 is 6.09 Å². The average molecular weight is 409 g/mol. The highest BCUT2D eigenvalue weighted by atomic mass is 16.5. The molecule has 3 N–H and O–H groups in total. The van der Waals surface area contributed by atoms with Gasteiger partial charge < -0.3 is 15.4 Å². The first kappa shape index (κ1) is 22.7. The SMILES string of the molecule is CC(C)COC(=O)Nc1cccc(NC(=O)C(C)NC(=O)/C=C/c2ccccc2)c1. The average Bonchev–Trinajstić information content (AvgIpc) is 2.71. The van der Waals surface area contributed by atoms with Crippen molar-refractivity contribution in [2.75, 3.05) is 17.2 Å². The van der Waals surface area contributed by atoms with E-state index < -0.39 is 12.1 Å². The second-order valence-corrected chi connectivity index (χ2v) is 7.16. The van der Waals surface area contributed by atoms with Gasteiger partial charge in [-0.05, 0) is 42.7 Å². The summed E-state index contributed by atoms with van der Waals surface area (Å²) in [6.45, 7) is 5.80. The summed E-state index contributed by atoms with van der Waals surface area (Å²) < 4.78 is 5.07. The molecule has 7 nitrogen and oxygen atoms in total. The first-order valence-electron chi connectivity index (χ1n) is 9.72. The van der Waals surface area contributed by atoms with Crippen molar-refractivity contribution in [3.8, 4) is 0 Å². The van der Waals surface area contributed by atoms with Crippen LogP contribution in [0.25, 0.3) is 6.08 Å². The topological polar surface area (TPSA) is 96.5 Å². The molecule has 2 rings (SSSR count). The number of hydrogen-bond acceptors (Lipinski definition) is 4. The molecule has 0 saturated heterocycles. The maximum absolute atomic E-state index is 12.4. The zero-order valence-electron chi connectivity index (χ0n) is 17.3. The van der Waals surface area contributed by atoms with Crippen LogP contribution in [0, 0.1) is 5.92 Å². The highest BCUT2D eigenvalue weighted by molar-refractivity contribution is 6.00. The van der Waals surface area contributed by atoms with Gasteiger partial charge in [-0.3, -0.25) is 14.9 Å². The van der Waals surface area contributed by atoms with Crippen LogP contribution in [-0.2, 0) is 14.3 Å². The molecule has 0 bridgehead atoms. The van der Waals surface area contributed by atoms with Crippen LogP contribution in [0.15, 0.2) is 60.7 Å². The molecular weight excluding hydrogens is 382 g/mol. The number of benzene rings is 2. The Morgan fingerprint density at radius 3 is 2.27 bits per heavy atom. The Kier molecular flexibility index (Phi) is 8.62. The highest BCUT2D eigenvalue weighted by Crippen LogP contribution is 2.16. The van der Waals surface area contributed by atoms with Gasteiger partial charge in [-0.1, -0.05) is 50.2 Å². The normalized spacial score (nSPS) is 11.7. The number of amides is 3. The molecule has 1 atom stereocenters. The van der Waals surface area contributed by atoms with Gasteiger partial charge in [-0.2, -0.15) is 0 Å². The summed E-state index contributed by atoms with van der Waals surface area (Å²) in [6, 6.07) is 15.3. The summed E-state index contributed by atoms with van der Waals surface area (Å²) in [7, 11) is 0. The van der Waals surface area contributed by atoms with Gasteiger partial charge in [0.2, 0.25) is 11.8 Å². The fraction of sp³-hybridized carbons (Fsp3) is 0.261. The Balaban J connectivity index is 1.86. The van der Waals surface area contributed by atoms with Gasteiger partial charge in [0, 0.05) is 17.5 Å². The van der Waals surface area contributed by atoms with Gasteiger partial charge in [0.05, 0.1) is 6.61 Å². The monoisotopic (exact) mass is 409 g/mol. The second kappa shape index (κ2) is 11.4. The van der Waals surface area contributed by atoms with Crippen LogP contribution < -0.4 is 16.0 Å². The van der Waals surface area contributed by atoms with Crippen molar-refractivity contribution >= 4 is 35.4 Å². The minimum Gasteiger partial charge on any atom is -0.449 e. The van der Waals surface area contributed by atoms with Crippen molar-refractivity contribution in [2.45, 2.75) is 26.8 Å². The summed E-state index contributed by atoms with van der Waals surface area (Å²) in [6.07, 6.45) is 2.50. The first-order chi connectivity index (χ1) is 14.3. The van der Waals surface area contributed by atoms with E-state index in [9.17, 15) is 14.4 Å². The lowest BCUT2D eigenvalue weighted by molar-refractivity contribution is -0.123. The molecule has 0 radical (unpaired) electrons. The van der Waals surface area contributed by atoms with Gasteiger partial charge in [0.25, 0.3) is 0 Å². The fourth-order valence-corrected chi connectivity index (χ4v) is 2.38. The number of anilines is 2. The van der Waals surface area contributed by atoms with Crippen LogP contribution in [-0.4, -0.2) is 30.6 Å². The number of hydrogen-bond donors (Lipinski definition) is 3. The van der Waals surface area contributed by atoms with Crippen LogP contribution in [0.5, 0.6) is 0 Å². The third kappa shape index (κ3) is 8.18. The fourth-order valence-electron chi connectivity index (χ4n) is 2.38. The van der Waals surface area contributed by atoms with Crippen LogP contribution in [0.4, 0.5) is 16.2 Å². The molecule has 0 aromatic heterocycles. The molecule has 0 aliphatic carbocycles. The minimum atomic E-state index is -0.745. The largest absolute Gasteiger partial charge is 0.449 e. The molecule has 30 heavy (non-hydrogen) atoms. The molecule has 0 spiro atoms. The molecule has 0 aliphatic rings. The molecule has 2 aromatic rings. The van der Waals surface area contributed by atoms with Gasteiger partial charge in [-0.15, -0.1) is 0 Å². The van der Waals surface area contributed by atoms with E-state index >= 15 is 0 Å². The number of ether oxygens (including phenoxy) is 1. The molecule has 2 aromatic carbocycles. The lowest BCUT2D eigenvalue weighted by Gasteiger charge is -2.14. The first-order valence-corrected chi connectivity index (χ1v) is 9.72. The van der Waals surface area contributed by atoms with E-state index in [-0.39, 0.29) is 17.7 Å². The number of carbonyl (C=O) groups is 3. The standard InChI is InChI=1S/C23H27N3O4/c1-16(2)15-30-23(29)26-20-11-7-10-19(14-20)25-22(28)17(3)24-21(27)13-12-18-8-5-4-6-9-18/h4-14,16-17H,15H2,1-3H3,(H,24,27)(H,25,28)(H,26,29)/b13-12+. The lowest BCUT2D eigenvalue weighted by atomic mass is 10.2. The summed E-state index contributed by atoms with van der Waals surface area (Å²) in [5, 5.41) is 7.94. The Morgan fingerprint density at radius 2 is 1.60 bits per heavy atom. The third-order valence-electron chi connectivity index (χ3n) is 3.90. The van der Waals surface area contributed by atoms with Gasteiger partial charge in [0.15, 0.2) is 0 Å². The van der Waals surface area contributed by atoms with Crippen molar-refractivity contribution in [3.63, 3.8) is 0 Å². The van der Waals surface area contributed by atoms with Crippen molar-refractivity contribution in [2.24, 2.45) is 5.92 Å². The Morgan fingerprint density at radius 1 is 0.933 bits per heavy atom. The van der Waals surface area contributed by atoms with Crippen molar-refractivity contribution in [3.05, 3.63) is 66.2 Å². The lowest BCUT2D eigenvalue weighted by Crippen LogP contribution is -2.40. The van der Waals surface area contributed by atoms with Gasteiger partial charge in [0.1, 0.15) is 6.04 Å². The molecule has 0 heterocycles. The summed E-state index contributed by atoms with van der Waals surface area (Å²) in [5.41, 5.74) is 1.87. The van der Waals surface area contributed by atoms with E-state index in [2.05, 4.69) is 16.0 Å². The zero-order chi connectivity index (χ0) is 21.9. The summed E-state index contributed by atoms with van der Waals surface area (Å²) in [4.78, 5) is 36.2. The van der Waals surface area contributed by atoms with Crippen molar-refractivity contribution in [1.82, 2.24) is 5.32 Å².